The highest BCUT2D eigenvalue weighted by atomic mass is 32.2. The van der Waals surface area contributed by atoms with Gasteiger partial charge in [-0.1, -0.05) is 19.8 Å². The first-order chi connectivity index (χ1) is 13.9. The lowest BCUT2D eigenvalue weighted by Crippen LogP contribution is -2.24. The Bertz CT molecular complexity index is 1060. The van der Waals surface area contributed by atoms with E-state index in [-0.39, 0.29) is 4.90 Å². The minimum absolute atomic E-state index is 0.236. The summed E-state index contributed by atoms with van der Waals surface area (Å²) < 4.78 is 29.3. The van der Waals surface area contributed by atoms with Crippen molar-refractivity contribution in [2.24, 2.45) is 7.05 Å². The van der Waals surface area contributed by atoms with Crippen LogP contribution in [0.25, 0.3) is 11.4 Å². The number of anilines is 2. The lowest BCUT2D eigenvalue weighted by Gasteiger charge is -2.09. The number of nitrogens with zero attached hydrogens (tertiary/aromatic N) is 4. The molecule has 0 atom stereocenters. The van der Waals surface area contributed by atoms with Crippen LogP contribution in [0.15, 0.2) is 47.6 Å². The largest absolute Gasteiger partial charge is 0.330 e. The zero-order valence-electron chi connectivity index (χ0n) is 16.9. The molecule has 0 amide bonds. The molecule has 3 rings (SSSR count). The fourth-order valence-electron chi connectivity index (χ4n) is 2.81. The van der Waals surface area contributed by atoms with Crippen molar-refractivity contribution in [3.63, 3.8) is 0 Å². The Morgan fingerprint density at radius 1 is 1.07 bits per heavy atom. The Kier molecular flexibility index (Phi) is 6.60. The van der Waals surface area contributed by atoms with E-state index in [1.165, 1.54) is 0 Å². The summed E-state index contributed by atoms with van der Waals surface area (Å²) in [5.74, 6) is 1.32. The van der Waals surface area contributed by atoms with Gasteiger partial charge in [0.25, 0.3) is 0 Å². The third kappa shape index (κ3) is 5.18. The van der Waals surface area contributed by atoms with Gasteiger partial charge >= 0.3 is 0 Å². The second kappa shape index (κ2) is 9.15. The highest BCUT2D eigenvalue weighted by molar-refractivity contribution is 7.89. The molecule has 3 aromatic rings. The molecule has 9 heteroatoms. The quantitative estimate of drug-likeness (QED) is 0.520. The molecule has 1 aromatic carbocycles. The SMILES string of the molecule is CCCCCNS(=O)(=O)c1ccc(Nc2nccc(-c3cnc(C)n3C)n2)cc1. The Morgan fingerprint density at radius 3 is 2.48 bits per heavy atom. The van der Waals surface area contributed by atoms with Crippen LogP contribution in [0.5, 0.6) is 0 Å². The van der Waals surface area contributed by atoms with Crippen LogP contribution < -0.4 is 10.0 Å². The molecular weight excluding hydrogens is 388 g/mol. The van der Waals surface area contributed by atoms with E-state index in [0.717, 1.165) is 36.5 Å². The molecule has 29 heavy (non-hydrogen) atoms. The Morgan fingerprint density at radius 2 is 1.83 bits per heavy atom. The first kappa shape index (κ1) is 20.9. The Hall–Kier alpha value is -2.78. The van der Waals surface area contributed by atoms with Crippen LogP contribution in [-0.4, -0.2) is 34.5 Å². The number of imidazole rings is 1. The van der Waals surface area contributed by atoms with E-state index < -0.39 is 10.0 Å². The summed E-state index contributed by atoms with van der Waals surface area (Å²) in [5.41, 5.74) is 2.35. The molecule has 0 aliphatic rings. The number of aromatic nitrogens is 4. The second-order valence-corrected chi connectivity index (χ2v) is 8.54. The van der Waals surface area contributed by atoms with Gasteiger partial charge in [-0.3, -0.25) is 0 Å². The van der Waals surface area contributed by atoms with Crippen molar-refractivity contribution in [1.29, 1.82) is 0 Å². The summed E-state index contributed by atoms with van der Waals surface area (Å²) >= 11 is 0. The summed E-state index contributed by atoms with van der Waals surface area (Å²) in [5, 5.41) is 3.11. The maximum absolute atomic E-state index is 12.3. The lowest BCUT2D eigenvalue weighted by atomic mass is 10.3. The average Bonchev–Trinajstić information content (AvgIpc) is 3.05. The maximum Gasteiger partial charge on any atom is 0.240 e. The third-order valence-corrected chi connectivity index (χ3v) is 6.11. The summed E-state index contributed by atoms with van der Waals surface area (Å²) in [6, 6.07) is 8.36. The number of rotatable bonds is 9. The number of hydrogen-bond acceptors (Lipinski definition) is 6. The van der Waals surface area contributed by atoms with E-state index >= 15 is 0 Å². The molecule has 154 valence electrons. The highest BCUT2D eigenvalue weighted by Gasteiger charge is 2.13. The summed E-state index contributed by atoms with van der Waals surface area (Å²) in [7, 11) is -1.56. The molecule has 0 unspecified atom stereocenters. The van der Waals surface area contributed by atoms with E-state index in [1.54, 1.807) is 36.7 Å². The normalized spacial score (nSPS) is 11.6. The molecule has 2 N–H and O–H groups in total. The van der Waals surface area contributed by atoms with Crippen LogP contribution >= 0.6 is 0 Å². The maximum atomic E-state index is 12.3. The summed E-state index contributed by atoms with van der Waals surface area (Å²) in [4.78, 5) is 13.3. The molecule has 0 fully saturated rings. The molecular formula is C20H26N6O2S. The molecule has 0 saturated carbocycles. The van der Waals surface area contributed by atoms with Crippen LogP contribution in [0.3, 0.4) is 0 Å². The van der Waals surface area contributed by atoms with Gasteiger partial charge in [-0.25, -0.2) is 28.1 Å². The minimum Gasteiger partial charge on any atom is -0.330 e. The van der Waals surface area contributed by atoms with Gasteiger partial charge in [0.1, 0.15) is 5.82 Å². The predicted molar refractivity (Wildman–Crippen MR) is 113 cm³/mol. The smallest absolute Gasteiger partial charge is 0.240 e. The van der Waals surface area contributed by atoms with Crippen LogP contribution in [0, 0.1) is 6.92 Å². The predicted octanol–water partition coefficient (Wildman–Crippen LogP) is 3.40. The van der Waals surface area contributed by atoms with E-state index in [9.17, 15) is 8.42 Å². The number of unbranched alkanes of at least 4 members (excludes halogenated alkanes) is 2. The van der Waals surface area contributed by atoms with Gasteiger partial charge in [-0.2, -0.15) is 0 Å². The molecule has 8 nitrogen and oxygen atoms in total. The molecule has 0 aliphatic carbocycles. The average molecular weight is 415 g/mol. The van der Waals surface area contributed by atoms with Crippen molar-refractivity contribution in [1.82, 2.24) is 24.2 Å². The zero-order valence-corrected chi connectivity index (χ0v) is 17.7. The summed E-state index contributed by atoms with van der Waals surface area (Å²) in [6.45, 7) is 4.46. The monoisotopic (exact) mass is 414 g/mol. The summed E-state index contributed by atoms with van der Waals surface area (Å²) in [6.07, 6.45) is 6.33. The van der Waals surface area contributed by atoms with Crippen molar-refractivity contribution < 1.29 is 8.42 Å². The number of hydrogen-bond donors (Lipinski definition) is 2. The van der Waals surface area contributed by atoms with E-state index in [2.05, 4.69) is 31.9 Å². The van der Waals surface area contributed by atoms with Crippen molar-refractivity contribution in [2.75, 3.05) is 11.9 Å². The van der Waals surface area contributed by atoms with Crippen molar-refractivity contribution >= 4 is 21.7 Å². The minimum atomic E-state index is -3.49. The van der Waals surface area contributed by atoms with Crippen LogP contribution in [0.1, 0.15) is 32.0 Å². The molecule has 2 heterocycles. The van der Waals surface area contributed by atoms with Gasteiger partial charge in [-0.15, -0.1) is 0 Å². The van der Waals surface area contributed by atoms with Crippen molar-refractivity contribution in [3.8, 4) is 11.4 Å². The van der Waals surface area contributed by atoms with Gasteiger partial charge in [0.05, 0.1) is 22.5 Å². The number of benzene rings is 1. The van der Waals surface area contributed by atoms with Crippen LogP contribution in [-0.2, 0) is 17.1 Å². The number of sulfonamides is 1. The molecule has 2 aromatic heterocycles. The molecule has 0 aliphatic heterocycles. The first-order valence-corrected chi connectivity index (χ1v) is 11.1. The fraction of sp³-hybridized carbons (Fsp3) is 0.350. The third-order valence-electron chi connectivity index (χ3n) is 4.63. The van der Waals surface area contributed by atoms with E-state index in [1.807, 2.05) is 24.6 Å². The molecule has 0 bridgehead atoms. The fourth-order valence-corrected chi connectivity index (χ4v) is 3.89. The van der Waals surface area contributed by atoms with Crippen molar-refractivity contribution in [3.05, 3.63) is 48.5 Å². The lowest BCUT2D eigenvalue weighted by molar-refractivity contribution is 0.576. The van der Waals surface area contributed by atoms with E-state index in [4.69, 9.17) is 0 Å². The number of aryl methyl sites for hydroxylation is 1. The highest BCUT2D eigenvalue weighted by Crippen LogP contribution is 2.21. The molecule has 0 spiro atoms. The van der Waals surface area contributed by atoms with E-state index in [0.29, 0.717) is 18.2 Å². The van der Waals surface area contributed by atoms with Gasteiger partial charge in [-0.05, 0) is 43.7 Å². The van der Waals surface area contributed by atoms with Gasteiger partial charge in [0, 0.05) is 25.5 Å². The second-order valence-electron chi connectivity index (χ2n) is 6.77. The van der Waals surface area contributed by atoms with Gasteiger partial charge in [0.15, 0.2) is 0 Å². The number of nitrogens with one attached hydrogen (secondary N) is 2. The van der Waals surface area contributed by atoms with Crippen LogP contribution in [0.4, 0.5) is 11.6 Å². The topological polar surface area (TPSA) is 102 Å². The van der Waals surface area contributed by atoms with Gasteiger partial charge < -0.3 is 9.88 Å². The molecule has 0 saturated heterocycles. The Balaban J connectivity index is 1.70. The molecule has 0 radical (unpaired) electrons. The van der Waals surface area contributed by atoms with Crippen molar-refractivity contribution in [2.45, 2.75) is 38.0 Å². The van der Waals surface area contributed by atoms with Crippen LogP contribution in [0.2, 0.25) is 0 Å². The van der Waals surface area contributed by atoms with Gasteiger partial charge in [0.2, 0.25) is 16.0 Å². The first-order valence-electron chi connectivity index (χ1n) is 9.59. The Labute approximate surface area is 171 Å². The zero-order chi connectivity index (χ0) is 20.9. The standard InChI is InChI=1S/C20H26N6O2S/c1-4-5-6-12-23-29(27,28)17-9-7-16(8-10-17)24-20-21-13-11-18(25-20)19-14-22-15(2)26(19)3/h7-11,13-14,23H,4-6,12H2,1-3H3,(H,21,24,25).